The Morgan fingerprint density at radius 1 is 1.00 bits per heavy atom. The predicted octanol–water partition coefficient (Wildman–Crippen LogP) is 4.45. The van der Waals surface area contributed by atoms with Gasteiger partial charge in [-0.1, -0.05) is 47.6 Å². The Balaban J connectivity index is 1.47. The van der Waals surface area contributed by atoms with E-state index in [1.807, 2.05) is 54.6 Å². The maximum Gasteiger partial charge on any atom is 0.308 e. The van der Waals surface area contributed by atoms with Crippen molar-refractivity contribution in [3.05, 3.63) is 60.2 Å². The first kappa shape index (κ1) is 21.1. The Kier molecular flexibility index (Phi) is 6.65. The maximum atomic E-state index is 13.3. The zero-order chi connectivity index (χ0) is 21.6. The molecule has 1 saturated heterocycles. The quantitative estimate of drug-likeness (QED) is 0.512. The van der Waals surface area contributed by atoms with Gasteiger partial charge in [-0.3, -0.25) is 9.59 Å². The van der Waals surface area contributed by atoms with Crippen LogP contribution in [0.3, 0.4) is 0 Å². The molecule has 1 atom stereocenters. The minimum atomic E-state index is -0.274. The molecule has 2 aromatic rings. The van der Waals surface area contributed by atoms with E-state index in [4.69, 9.17) is 9.57 Å². The molecule has 0 N–H and O–H groups in total. The first-order valence-electron chi connectivity index (χ1n) is 10.9. The van der Waals surface area contributed by atoms with Crippen LogP contribution in [0, 0.1) is 0 Å². The molecule has 0 radical (unpaired) electrons. The van der Waals surface area contributed by atoms with Crippen LogP contribution < -0.4 is 0 Å². The van der Waals surface area contributed by atoms with Gasteiger partial charge in [-0.25, -0.2) is 0 Å². The molecule has 0 aromatic heterocycles. The van der Waals surface area contributed by atoms with Crippen molar-refractivity contribution in [1.82, 2.24) is 4.90 Å². The molecule has 6 nitrogen and oxygen atoms in total. The number of ether oxygens (including phenoxy) is 1. The van der Waals surface area contributed by atoms with Crippen molar-refractivity contribution in [3.63, 3.8) is 0 Å². The highest BCUT2D eigenvalue weighted by atomic mass is 16.6. The first-order valence-corrected chi connectivity index (χ1v) is 10.9. The van der Waals surface area contributed by atoms with Gasteiger partial charge >= 0.3 is 5.97 Å². The van der Waals surface area contributed by atoms with Crippen molar-refractivity contribution in [3.8, 4) is 11.1 Å². The van der Waals surface area contributed by atoms with Crippen LogP contribution in [0.25, 0.3) is 11.1 Å². The van der Waals surface area contributed by atoms with E-state index in [0.29, 0.717) is 18.5 Å². The number of oxime groups is 1. The molecular weight excluding hydrogens is 392 g/mol. The van der Waals surface area contributed by atoms with E-state index in [2.05, 4.69) is 5.16 Å². The highest BCUT2D eigenvalue weighted by molar-refractivity contribution is 6.01. The molecule has 1 aliphatic heterocycles. The summed E-state index contributed by atoms with van der Waals surface area (Å²) in [6.45, 7) is 0.356. The lowest BCUT2D eigenvalue weighted by atomic mass is 10.0. The molecular formula is C25H28N2O4. The van der Waals surface area contributed by atoms with E-state index >= 15 is 0 Å². The maximum absolute atomic E-state index is 13.3. The normalized spacial score (nSPS) is 20.2. The predicted molar refractivity (Wildman–Crippen MR) is 119 cm³/mol. The number of benzene rings is 2. The molecule has 0 spiro atoms. The number of carbonyl (C=O) groups excluding carboxylic acids is 2. The zero-order valence-electron chi connectivity index (χ0n) is 17.8. The van der Waals surface area contributed by atoms with E-state index in [1.165, 1.54) is 7.11 Å². The van der Waals surface area contributed by atoms with E-state index in [1.54, 1.807) is 4.90 Å². The van der Waals surface area contributed by atoms with Crippen LogP contribution in [-0.4, -0.2) is 48.3 Å². The van der Waals surface area contributed by atoms with Gasteiger partial charge in [-0.2, -0.15) is 0 Å². The molecule has 1 heterocycles. The lowest BCUT2D eigenvalue weighted by Gasteiger charge is -2.24. The summed E-state index contributed by atoms with van der Waals surface area (Å²) in [5, 5.41) is 4.04. The summed E-state index contributed by atoms with van der Waals surface area (Å²) in [5.74, 6) is -0.354. The SMILES string of the molecule is CO/N=C1/CC(CC(=O)OC2CCCC2)N(C(=O)c2ccc(-c3ccccc3)cc2)C1. The van der Waals surface area contributed by atoms with Gasteiger partial charge in [0.1, 0.15) is 13.2 Å². The number of hydrogen-bond donors (Lipinski definition) is 0. The van der Waals surface area contributed by atoms with Crippen LogP contribution in [0.2, 0.25) is 0 Å². The van der Waals surface area contributed by atoms with Gasteiger partial charge in [0.25, 0.3) is 5.91 Å². The lowest BCUT2D eigenvalue weighted by molar-refractivity contribution is -0.149. The first-order chi connectivity index (χ1) is 15.1. The minimum Gasteiger partial charge on any atom is -0.462 e. The Labute approximate surface area is 182 Å². The third-order valence-corrected chi connectivity index (χ3v) is 5.99. The molecule has 0 bridgehead atoms. The molecule has 6 heteroatoms. The average Bonchev–Trinajstić information content (AvgIpc) is 3.44. The molecule has 31 heavy (non-hydrogen) atoms. The molecule has 2 aliphatic rings. The Morgan fingerprint density at radius 3 is 2.35 bits per heavy atom. The van der Waals surface area contributed by atoms with Crippen molar-refractivity contribution < 1.29 is 19.2 Å². The Hall–Kier alpha value is -3.15. The summed E-state index contributed by atoms with van der Waals surface area (Å²) in [4.78, 5) is 32.4. The van der Waals surface area contributed by atoms with Gasteiger partial charge in [0.2, 0.25) is 0 Å². The third-order valence-electron chi connectivity index (χ3n) is 5.99. The fourth-order valence-corrected chi connectivity index (χ4v) is 4.42. The highest BCUT2D eigenvalue weighted by Crippen LogP contribution is 2.26. The van der Waals surface area contributed by atoms with Crippen molar-refractivity contribution >= 4 is 17.6 Å². The Bertz CT molecular complexity index is 934. The molecule has 1 unspecified atom stereocenters. The zero-order valence-corrected chi connectivity index (χ0v) is 17.8. The van der Waals surface area contributed by atoms with E-state index in [-0.39, 0.29) is 30.4 Å². The summed E-state index contributed by atoms with van der Waals surface area (Å²) in [5.41, 5.74) is 3.50. The monoisotopic (exact) mass is 420 g/mol. The number of carbonyl (C=O) groups is 2. The highest BCUT2D eigenvalue weighted by Gasteiger charge is 2.36. The van der Waals surface area contributed by atoms with Gasteiger partial charge in [0.05, 0.1) is 18.7 Å². The van der Waals surface area contributed by atoms with Crippen LogP contribution in [0.15, 0.2) is 59.8 Å². The second-order valence-electron chi connectivity index (χ2n) is 8.17. The number of nitrogens with zero attached hydrogens (tertiary/aromatic N) is 2. The topological polar surface area (TPSA) is 68.2 Å². The summed E-state index contributed by atoms with van der Waals surface area (Å²) < 4.78 is 5.62. The van der Waals surface area contributed by atoms with Crippen molar-refractivity contribution in [2.75, 3.05) is 13.7 Å². The molecule has 2 fully saturated rings. The van der Waals surface area contributed by atoms with E-state index in [9.17, 15) is 9.59 Å². The van der Waals surface area contributed by atoms with Gasteiger partial charge in [-0.15, -0.1) is 0 Å². The number of rotatable bonds is 6. The van der Waals surface area contributed by atoms with Gasteiger partial charge in [0, 0.05) is 18.0 Å². The largest absolute Gasteiger partial charge is 0.462 e. The molecule has 1 aliphatic carbocycles. The summed E-state index contributed by atoms with van der Waals surface area (Å²) in [6, 6.07) is 17.3. The number of hydrogen-bond acceptors (Lipinski definition) is 5. The summed E-state index contributed by atoms with van der Waals surface area (Å²) in [6.07, 6.45) is 4.79. The third kappa shape index (κ3) is 5.13. The van der Waals surface area contributed by atoms with Crippen LogP contribution in [-0.2, 0) is 14.4 Å². The number of amides is 1. The van der Waals surface area contributed by atoms with Crippen LogP contribution >= 0.6 is 0 Å². The van der Waals surface area contributed by atoms with Crippen LogP contribution in [0.1, 0.15) is 48.9 Å². The smallest absolute Gasteiger partial charge is 0.308 e. The lowest BCUT2D eigenvalue weighted by Crippen LogP contribution is -2.37. The van der Waals surface area contributed by atoms with E-state index < -0.39 is 0 Å². The van der Waals surface area contributed by atoms with Crippen LogP contribution in [0.5, 0.6) is 0 Å². The van der Waals surface area contributed by atoms with E-state index in [0.717, 1.165) is 42.5 Å². The van der Waals surface area contributed by atoms with Gasteiger partial charge in [-0.05, 0) is 48.9 Å². The molecule has 1 amide bonds. The van der Waals surface area contributed by atoms with Gasteiger partial charge < -0.3 is 14.5 Å². The van der Waals surface area contributed by atoms with Crippen LogP contribution in [0.4, 0.5) is 0 Å². The second kappa shape index (κ2) is 9.77. The van der Waals surface area contributed by atoms with Crippen molar-refractivity contribution in [2.24, 2.45) is 5.16 Å². The second-order valence-corrected chi connectivity index (χ2v) is 8.17. The molecule has 1 saturated carbocycles. The fraction of sp³-hybridized carbons (Fsp3) is 0.400. The minimum absolute atomic E-state index is 0.0238. The fourth-order valence-electron chi connectivity index (χ4n) is 4.42. The molecule has 2 aromatic carbocycles. The number of likely N-dealkylation sites (tertiary alicyclic amines) is 1. The number of esters is 1. The summed E-state index contributed by atoms with van der Waals surface area (Å²) in [7, 11) is 1.49. The average molecular weight is 421 g/mol. The van der Waals surface area contributed by atoms with Crippen molar-refractivity contribution in [2.45, 2.75) is 50.7 Å². The standard InChI is InChI=1S/C25H28N2O4/c1-30-26-21-15-22(16-24(28)31-23-9-5-6-10-23)27(17-21)25(29)20-13-11-19(12-14-20)18-7-3-2-4-8-18/h2-4,7-8,11-14,22-23H,5-6,9-10,15-17H2,1H3/b26-21-. The van der Waals surface area contributed by atoms with Gasteiger partial charge in [0.15, 0.2) is 0 Å². The molecule has 4 rings (SSSR count). The molecule has 162 valence electrons. The van der Waals surface area contributed by atoms with Crippen molar-refractivity contribution in [1.29, 1.82) is 0 Å². The summed E-state index contributed by atoms with van der Waals surface area (Å²) >= 11 is 0. The Morgan fingerprint density at radius 2 is 1.68 bits per heavy atom.